The van der Waals surface area contributed by atoms with Crippen molar-refractivity contribution in [3.8, 4) is 33.4 Å². The minimum atomic E-state index is -0.392. The number of benzene rings is 6. The van der Waals surface area contributed by atoms with Crippen molar-refractivity contribution in [2.75, 3.05) is 0 Å². The number of fused-ring (bicyclic) bond motifs is 3. The van der Waals surface area contributed by atoms with Gasteiger partial charge >= 0.3 is 0 Å². The maximum Gasteiger partial charge on any atom is 0.0526 e. The highest BCUT2D eigenvalue weighted by atomic mass is 14.5. The highest BCUT2D eigenvalue weighted by Crippen LogP contribution is 2.61. The molecule has 0 radical (unpaired) electrons. The van der Waals surface area contributed by atoms with Gasteiger partial charge in [0.25, 0.3) is 0 Å². The minimum Gasteiger partial charge on any atom is -0.0804 e. The Bertz CT molecular complexity index is 1830. The van der Waals surface area contributed by atoms with E-state index in [9.17, 15) is 0 Å². The van der Waals surface area contributed by atoms with E-state index in [1.54, 1.807) is 0 Å². The van der Waals surface area contributed by atoms with E-state index in [1.807, 2.05) is 0 Å². The van der Waals surface area contributed by atoms with E-state index in [1.165, 1.54) is 61.2 Å². The summed E-state index contributed by atoms with van der Waals surface area (Å²) < 4.78 is 0. The summed E-state index contributed by atoms with van der Waals surface area (Å²) in [6.07, 6.45) is 7.86. The van der Waals surface area contributed by atoms with Gasteiger partial charge in [-0.15, -0.1) is 0 Å². The molecule has 0 aliphatic heterocycles. The first-order valence-electron chi connectivity index (χ1n) is 15.2. The van der Waals surface area contributed by atoms with Gasteiger partial charge in [-0.3, -0.25) is 0 Å². The standard InChI is InChI=1S/C43H32/c1-5-15-31(16-6-1)33-25-27-38-39-28-26-34(32-17-7-2-8-18-32)30-41(39)42(40(38)29-33)43(37-23-13-14-24-37,35-19-9-3-10-20-35)36-21-11-4-12-22-36/h1-23,25-30,42H,24H2. The Hall–Kier alpha value is -5.20. The predicted molar refractivity (Wildman–Crippen MR) is 180 cm³/mol. The fraction of sp³-hybridized carbons (Fsp3) is 0.0698. The zero-order chi connectivity index (χ0) is 28.6. The molecule has 0 N–H and O–H groups in total. The van der Waals surface area contributed by atoms with Crippen LogP contribution in [0.3, 0.4) is 0 Å². The maximum absolute atomic E-state index is 2.47. The van der Waals surface area contributed by atoms with Crippen LogP contribution in [0.2, 0.25) is 0 Å². The average Bonchev–Trinajstić information content (AvgIpc) is 3.74. The Morgan fingerprint density at radius 3 is 1.30 bits per heavy atom. The van der Waals surface area contributed by atoms with Crippen molar-refractivity contribution >= 4 is 0 Å². The van der Waals surface area contributed by atoms with E-state index in [4.69, 9.17) is 0 Å². The second-order valence-electron chi connectivity index (χ2n) is 11.6. The topological polar surface area (TPSA) is 0 Å². The first-order chi connectivity index (χ1) is 21.3. The molecule has 2 aliphatic rings. The van der Waals surface area contributed by atoms with Crippen LogP contribution in [0.15, 0.2) is 182 Å². The van der Waals surface area contributed by atoms with Gasteiger partial charge in [-0.2, -0.15) is 0 Å². The summed E-state index contributed by atoms with van der Waals surface area (Å²) in [5.74, 6) is 0.0841. The molecule has 0 fully saturated rings. The van der Waals surface area contributed by atoms with Gasteiger partial charge < -0.3 is 0 Å². The van der Waals surface area contributed by atoms with Crippen LogP contribution in [0.4, 0.5) is 0 Å². The van der Waals surface area contributed by atoms with Crippen LogP contribution in [-0.4, -0.2) is 0 Å². The van der Waals surface area contributed by atoms with Gasteiger partial charge in [0.15, 0.2) is 0 Å². The molecule has 0 nitrogen and oxygen atoms in total. The summed E-state index contributed by atoms with van der Waals surface area (Å²) in [4.78, 5) is 0. The van der Waals surface area contributed by atoms with Crippen molar-refractivity contribution in [3.63, 3.8) is 0 Å². The first kappa shape index (κ1) is 25.5. The molecule has 0 aromatic heterocycles. The summed E-state index contributed by atoms with van der Waals surface area (Å²) in [7, 11) is 0. The lowest BCUT2D eigenvalue weighted by Crippen LogP contribution is -2.37. The normalized spacial score (nSPS) is 13.9. The zero-order valence-corrected chi connectivity index (χ0v) is 24.0. The molecule has 6 aromatic rings. The van der Waals surface area contributed by atoms with Gasteiger partial charge in [0.1, 0.15) is 0 Å². The molecular weight excluding hydrogens is 516 g/mol. The molecule has 0 heteroatoms. The SMILES string of the molecule is C1=CCC(C(c2ccccc2)(c2ccccc2)C2c3cc(-c4ccccc4)ccc3-c3ccc(-c4ccccc4)cc32)=C1. The van der Waals surface area contributed by atoms with Crippen LogP contribution in [0, 0.1) is 0 Å². The molecule has 43 heavy (non-hydrogen) atoms. The quantitative estimate of drug-likeness (QED) is 0.194. The fourth-order valence-electron chi connectivity index (χ4n) is 7.55. The summed E-state index contributed by atoms with van der Waals surface area (Å²) in [5, 5.41) is 0. The largest absolute Gasteiger partial charge is 0.0804 e. The number of rotatable bonds is 6. The lowest BCUT2D eigenvalue weighted by Gasteiger charge is -2.43. The maximum atomic E-state index is 2.47. The monoisotopic (exact) mass is 548 g/mol. The molecule has 0 amide bonds. The van der Waals surface area contributed by atoms with E-state index in [-0.39, 0.29) is 5.92 Å². The van der Waals surface area contributed by atoms with Crippen LogP contribution in [0.5, 0.6) is 0 Å². The summed E-state index contributed by atoms with van der Waals surface area (Å²) in [6.45, 7) is 0. The zero-order valence-electron chi connectivity index (χ0n) is 24.0. The van der Waals surface area contributed by atoms with Crippen molar-refractivity contribution < 1.29 is 0 Å². The third-order valence-electron chi connectivity index (χ3n) is 9.40. The molecule has 0 saturated heterocycles. The second-order valence-corrected chi connectivity index (χ2v) is 11.6. The van der Waals surface area contributed by atoms with Gasteiger partial charge in [0.2, 0.25) is 0 Å². The molecule has 0 atom stereocenters. The molecule has 0 spiro atoms. The Kier molecular flexibility index (Phi) is 6.27. The Balaban J connectivity index is 1.48. The van der Waals surface area contributed by atoms with Crippen molar-refractivity contribution in [2.45, 2.75) is 17.8 Å². The van der Waals surface area contributed by atoms with Gasteiger partial charge in [0.05, 0.1) is 5.41 Å². The number of hydrogen-bond acceptors (Lipinski definition) is 0. The van der Waals surface area contributed by atoms with Crippen LogP contribution in [0.1, 0.15) is 34.6 Å². The van der Waals surface area contributed by atoms with Gasteiger partial charge in [-0.25, -0.2) is 0 Å². The fourth-order valence-corrected chi connectivity index (χ4v) is 7.55. The molecule has 8 rings (SSSR count). The Morgan fingerprint density at radius 1 is 0.442 bits per heavy atom. The molecule has 0 heterocycles. The third kappa shape index (κ3) is 4.14. The highest BCUT2D eigenvalue weighted by molar-refractivity contribution is 5.86. The predicted octanol–water partition coefficient (Wildman–Crippen LogP) is 11.0. The summed E-state index contributed by atoms with van der Waals surface area (Å²) in [5.41, 5.74) is 14.2. The summed E-state index contributed by atoms with van der Waals surface area (Å²) >= 11 is 0. The lowest BCUT2D eigenvalue weighted by atomic mass is 9.58. The second kappa shape index (κ2) is 10.6. The van der Waals surface area contributed by atoms with E-state index in [0.29, 0.717) is 0 Å². The van der Waals surface area contributed by atoms with Gasteiger partial charge in [0, 0.05) is 5.92 Å². The Morgan fingerprint density at radius 2 is 0.884 bits per heavy atom. The van der Waals surface area contributed by atoms with Gasteiger partial charge in [-0.1, -0.05) is 169 Å². The molecule has 0 unspecified atom stereocenters. The van der Waals surface area contributed by atoms with Crippen molar-refractivity contribution in [1.82, 2.24) is 0 Å². The van der Waals surface area contributed by atoms with Crippen LogP contribution in [-0.2, 0) is 5.41 Å². The van der Waals surface area contributed by atoms with E-state index >= 15 is 0 Å². The number of allylic oxidation sites excluding steroid dienone is 4. The lowest BCUT2D eigenvalue weighted by molar-refractivity contribution is 0.527. The summed E-state index contributed by atoms with van der Waals surface area (Å²) in [6, 6.07) is 58.3. The van der Waals surface area contributed by atoms with Crippen molar-refractivity contribution in [2.24, 2.45) is 0 Å². The van der Waals surface area contributed by atoms with Crippen LogP contribution >= 0.6 is 0 Å². The van der Waals surface area contributed by atoms with Crippen molar-refractivity contribution in [3.05, 3.63) is 204 Å². The van der Waals surface area contributed by atoms with Crippen LogP contribution < -0.4 is 0 Å². The van der Waals surface area contributed by atoms with E-state index in [0.717, 1.165) is 6.42 Å². The Labute approximate surface area is 254 Å². The molecule has 2 aliphatic carbocycles. The smallest absolute Gasteiger partial charge is 0.0526 e. The van der Waals surface area contributed by atoms with Gasteiger partial charge in [-0.05, 0) is 74.2 Å². The van der Waals surface area contributed by atoms with E-state index in [2.05, 4.69) is 176 Å². The van der Waals surface area contributed by atoms with Crippen molar-refractivity contribution in [1.29, 1.82) is 0 Å². The highest BCUT2D eigenvalue weighted by Gasteiger charge is 2.50. The minimum absolute atomic E-state index is 0.0841. The van der Waals surface area contributed by atoms with Crippen LogP contribution in [0.25, 0.3) is 33.4 Å². The molecule has 6 aromatic carbocycles. The first-order valence-corrected chi connectivity index (χ1v) is 15.2. The number of hydrogen-bond donors (Lipinski definition) is 0. The average molecular weight is 549 g/mol. The molecule has 204 valence electrons. The molecule has 0 saturated carbocycles. The third-order valence-corrected chi connectivity index (χ3v) is 9.40. The molecule has 0 bridgehead atoms. The van der Waals surface area contributed by atoms with E-state index < -0.39 is 5.41 Å². The molecular formula is C43H32.